The summed E-state index contributed by atoms with van der Waals surface area (Å²) in [6.07, 6.45) is 4.45. The van der Waals surface area contributed by atoms with Crippen molar-refractivity contribution in [2.45, 2.75) is 47.5 Å². The number of rotatable bonds is 4. The van der Waals surface area contributed by atoms with Crippen molar-refractivity contribution in [3.8, 4) is 0 Å². The third kappa shape index (κ3) is 3.36. The summed E-state index contributed by atoms with van der Waals surface area (Å²) in [5, 5.41) is -0.824. The van der Waals surface area contributed by atoms with Crippen molar-refractivity contribution in [1.82, 2.24) is 4.31 Å². The molecule has 1 saturated heterocycles. The maximum absolute atomic E-state index is 12.6. The van der Waals surface area contributed by atoms with E-state index in [1.54, 1.807) is 12.1 Å². The summed E-state index contributed by atoms with van der Waals surface area (Å²) < 4.78 is 52.2. The predicted molar refractivity (Wildman–Crippen MR) is 92.5 cm³/mol. The van der Waals surface area contributed by atoms with E-state index in [1.165, 1.54) is 16.4 Å². The molecule has 0 bridgehead atoms. The Labute approximate surface area is 146 Å². The van der Waals surface area contributed by atoms with Crippen molar-refractivity contribution in [1.29, 1.82) is 0 Å². The fraction of sp³-hybridized carbons (Fsp3) is 0.600. The molecule has 1 heterocycles. The fourth-order valence-electron chi connectivity index (χ4n) is 3.23. The van der Waals surface area contributed by atoms with Gasteiger partial charge in [0.15, 0.2) is 9.84 Å². The van der Waals surface area contributed by atoms with Crippen LogP contribution >= 0.6 is 15.9 Å². The van der Waals surface area contributed by atoms with Gasteiger partial charge < -0.3 is 0 Å². The first kappa shape index (κ1) is 17.4. The van der Waals surface area contributed by atoms with E-state index in [0.29, 0.717) is 0 Å². The van der Waals surface area contributed by atoms with Crippen LogP contribution in [0.3, 0.4) is 0 Å². The number of hydrogen-bond acceptors (Lipinski definition) is 4. The van der Waals surface area contributed by atoms with Crippen LogP contribution in [0.1, 0.15) is 32.1 Å². The van der Waals surface area contributed by atoms with Gasteiger partial charge in [-0.1, -0.05) is 35.2 Å². The van der Waals surface area contributed by atoms with Gasteiger partial charge in [-0.2, -0.15) is 4.31 Å². The van der Waals surface area contributed by atoms with Gasteiger partial charge in [0.2, 0.25) is 10.0 Å². The van der Waals surface area contributed by atoms with Gasteiger partial charge in [0.1, 0.15) is 0 Å². The van der Waals surface area contributed by atoms with Gasteiger partial charge in [0.05, 0.1) is 15.4 Å². The molecule has 1 saturated carbocycles. The minimum absolute atomic E-state index is 0.0806. The minimum Gasteiger partial charge on any atom is -0.228 e. The van der Waals surface area contributed by atoms with Gasteiger partial charge in [-0.05, 0) is 37.1 Å². The highest BCUT2D eigenvalue weighted by Crippen LogP contribution is 2.32. The molecule has 0 unspecified atom stereocenters. The van der Waals surface area contributed by atoms with Crippen LogP contribution in [0.2, 0.25) is 0 Å². The molecular formula is C15H20BrNO4S2. The summed E-state index contributed by atoms with van der Waals surface area (Å²) in [6.45, 7) is 0.161. The Bertz CT molecular complexity index is 762. The van der Waals surface area contributed by atoms with Crippen molar-refractivity contribution < 1.29 is 16.8 Å². The molecule has 0 spiro atoms. The SMILES string of the molecule is O=S(=O)(C1CCCCC1)C1CN(S(=O)(=O)c2ccc(Br)cc2)C1. The van der Waals surface area contributed by atoms with Crippen molar-refractivity contribution in [2.24, 2.45) is 0 Å². The summed E-state index contributed by atoms with van der Waals surface area (Å²) in [6, 6.07) is 6.40. The van der Waals surface area contributed by atoms with E-state index in [9.17, 15) is 16.8 Å². The predicted octanol–water partition coefficient (Wildman–Crippen LogP) is 2.57. The molecule has 1 aromatic carbocycles. The van der Waals surface area contributed by atoms with E-state index in [2.05, 4.69) is 15.9 Å². The van der Waals surface area contributed by atoms with Crippen LogP contribution in [0.4, 0.5) is 0 Å². The van der Waals surface area contributed by atoms with Crippen LogP contribution in [0, 0.1) is 0 Å². The van der Waals surface area contributed by atoms with E-state index in [-0.39, 0.29) is 23.2 Å². The molecular weight excluding hydrogens is 402 g/mol. The second kappa shape index (κ2) is 6.46. The Morgan fingerprint density at radius 2 is 1.43 bits per heavy atom. The van der Waals surface area contributed by atoms with Crippen LogP contribution in [0.25, 0.3) is 0 Å². The Balaban J connectivity index is 1.69. The van der Waals surface area contributed by atoms with Crippen molar-refractivity contribution in [2.75, 3.05) is 13.1 Å². The maximum atomic E-state index is 12.6. The van der Waals surface area contributed by atoms with E-state index < -0.39 is 25.1 Å². The highest BCUT2D eigenvalue weighted by Gasteiger charge is 2.46. The molecule has 23 heavy (non-hydrogen) atoms. The van der Waals surface area contributed by atoms with Gasteiger partial charge in [0, 0.05) is 17.6 Å². The molecule has 1 aliphatic carbocycles. The third-order valence-corrected chi connectivity index (χ3v) is 9.75. The van der Waals surface area contributed by atoms with E-state index in [4.69, 9.17) is 0 Å². The highest BCUT2D eigenvalue weighted by molar-refractivity contribution is 9.10. The molecule has 0 aromatic heterocycles. The van der Waals surface area contributed by atoms with Crippen molar-refractivity contribution in [3.05, 3.63) is 28.7 Å². The Hall–Kier alpha value is -0.440. The standard InChI is InChI=1S/C15H20BrNO4S2/c16-12-6-8-14(9-7-12)23(20,21)17-10-15(11-17)22(18,19)13-4-2-1-3-5-13/h6-9,13,15H,1-5,10-11H2. The van der Waals surface area contributed by atoms with Gasteiger partial charge in [0.25, 0.3) is 0 Å². The lowest BCUT2D eigenvalue weighted by Gasteiger charge is -2.39. The lowest BCUT2D eigenvalue weighted by Crippen LogP contribution is -2.58. The smallest absolute Gasteiger partial charge is 0.228 e. The zero-order valence-electron chi connectivity index (χ0n) is 12.7. The largest absolute Gasteiger partial charge is 0.243 e. The third-order valence-electron chi connectivity index (χ3n) is 4.75. The first-order valence-electron chi connectivity index (χ1n) is 7.80. The Kier molecular flexibility index (Phi) is 4.88. The van der Waals surface area contributed by atoms with Crippen LogP contribution in [-0.2, 0) is 19.9 Å². The summed E-state index contributed by atoms with van der Waals surface area (Å²) in [5.74, 6) is 0. The topological polar surface area (TPSA) is 71.5 Å². The quantitative estimate of drug-likeness (QED) is 0.748. The molecule has 0 N–H and O–H groups in total. The molecule has 1 aliphatic heterocycles. The monoisotopic (exact) mass is 421 g/mol. The average Bonchev–Trinajstić information content (AvgIpc) is 2.46. The summed E-state index contributed by atoms with van der Waals surface area (Å²) >= 11 is 3.27. The van der Waals surface area contributed by atoms with Crippen molar-refractivity contribution in [3.63, 3.8) is 0 Å². The van der Waals surface area contributed by atoms with Gasteiger partial charge in [-0.3, -0.25) is 0 Å². The molecule has 2 fully saturated rings. The first-order chi connectivity index (χ1) is 10.8. The fourth-order valence-corrected chi connectivity index (χ4v) is 7.52. The molecule has 5 nitrogen and oxygen atoms in total. The number of benzene rings is 1. The summed E-state index contributed by atoms with van der Waals surface area (Å²) in [7, 11) is -6.82. The Morgan fingerprint density at radius 1 is 0.870 bits per heavy atom. The zero-order valence-corrected chi connectivity index (χ0v) is 15.9. The van der Waals surface area contributed by atoms with Crippen LogP contribution in [0.5, 0.6) is 0 Å². The number of halogens is 1. The lowest BCUT2D eigenvalue weighted by atomic mass is 10.0. The van der Waals surface area contributed by atoms with E-state index in [0.717, 1.165) is 36.6 Å². The van der Waals surface area contributed by atoms with Crippen LogP contribution in [-0.4, -0.2) is 44.7 Å². The van der Waals surface area contributed by atoms with Crippen LogP contribution < -0.4 is 0 Å². The normalized spacial score (nSPS) is 22.0. The molecule has 1 aromatic rings. The Morgan fingerprint density at radius 3 is 2.00 bits per heavy atom. The van der Waals surface area contributed by atoms with Crippen LogP contribution in [0.15, 0.2) is 33.6 Å². The highest BCUT2D eigenvalue weighted by atomic mass is 79.9. The lowest BCUT2D eigenvalue weighted by molar-refractivity contribution is 0.306. The maximum Gasteiger partial charge on any atom is 0.243 e. The number of hydrogen-bond donors (Lipinski definition) is 0. The van der Waals surface area contributed by atoms with Crippen molar-refractivity contribution >= 4 is 35.8 Å². The van der Waals surface area contributed by atoms with E-state index >= 15 is 0 Å². The summed E-state index contributed by atoms with van der Waals surface area (Å²) in [5.41, 5.74) is 0. The second-order valence-electron chi connectivity index (χ2n) is 6.25. The molecule has 8 heteroatoms. The first-order valence-corrected chi connectivity index (χ1v) is 11.6. The second-order valence-corrected chi connectivity index (χ2v) is 11.6. The molecule has 128 valence electrons. The van der Waals surface area contributed by atoms with Gasteiger partial charge in [-0.25, -0.2) is 16.8 Å². The zero-order chi connectivity index (χ0) is 16.7. The van der Waals surface area contributed by atoms with Gasteiger partial charge >= 0.3 is 0 Å². The molecule has 2 aliphatic rings. The molecule has 3 rings (SSSR count). The summed E-state index contributed by atoms with van der Waals surface area (Å²) in [4.78, 5) is 0.203. The van der Waals surface area contributed by atoms with Gasteiger partial charge in [-0.15, -0.1) is 0 Å². The number of nitrogens with zero attached hydrogens (tertiary/aromatic N) is 1. The average molecular weight is 422 g/mol. The van der Waals surface area contributed by atoms with E-state index in [1.807, 2.05) is 0 Å². The molecule has 0 radical (unpaired) electrons. The minimum atomic E-state index is -3.59. The number of sulfone groups is 1. The molecule has 0 atom stereocenters. The number of sulfonamides is 1. The molecule has 0 amide bonds.